The number of anilines is 1. The topological polar surface area (TPSA) is 109 Å². The number of nitrogens with zero attached hydrogens (tertiary/aromatic N) is 3. The fraction of sp³-hybridized carbons (Fsp3) is 0. The van der Waals surface area contributed by atoms with E-state index in [4.69, 9.17) is 15.6 Å². The van der Waals surface area contributed by atoms with E-state index in [1.165, 1.54) is 12.1 Å². The molecule has 0 heterocycles. The van der Waals surface area contributed by atoms with Gasteiger partial charge in [-0.2, -0.15) is 15.6 Å². The number of rotatable bonds is 3. The van der Waals surface area contributed by atoms with Crippen LogP contribution >= 0.6 is 15.9 Å². The number of hydrogen-bond donors (Lipinski definition) is 2. The maximum Gasteiger partial charge on any atom is 0.337 e. The lowest BCUT2D eigenvalue weighted by atomic mass is 10.2. The quantitative estimate of drug-likeness (QED) is 0.654. The number of nitriles is 2. The van der Waals surface area contributed by atoms with Crippen LogP contribution in [0.3, 0.4) is 0 Å². The van der Waals surface area contributed by atoms with Crippen molar-refractivity contribution in [2.75, 3.05) is 5.43 Å². The lowest BCUT2D eigenvalue weighted by Crippen LogP contribution is -2.04. The molecule has 2 N–H and O–H groups in total. The van der Waals surface area contributed by atoms with Crippen molar-refractivity contribution in [3.05, 3.63) is 28.2 Å². The lowest BCUT2D eigenvalue weighted by molar-refractivity contribution is 0.0698. The van der Waals surface area contributed by atoms with Gasteiger partial charge in [-0.25, -0.2) is 4.79 Å². The third-order valence-electron chi connectivity index (χ3n) is 1.71. The Morgan fingerprint density at radius 2 is 2.06 bits per heavy atom. The number of nitrogens with one attached hydrogen (secondary N) is 1. The molecule has 1 aromatic carbocycles. The summed E-state index contributed by atoms with van der Waals surface area (Å²) in [5.74, 6) is -1.14. The molecule has 0 saturated carbocycles. The minimum absolute atomic E-state index is 0.0154. The minimum atomic E-state index is -1.14. The van der Waals surface area contributed by atoms with Crippen molar-refractivity contribution in [1.82, 2.24) is 0 Å². The molecule has 17 heavy (non-hydrogen) atoms. The van der Waals surface area contributed by atoms with Gasteiger partial charge in [-0.3, -0.25) is 5.43 Å². The first kappa shape index (κ1) is 12.7. The number of hydrazone groups is 1. The maximum absolute atomic E-state index is 10.9. The molecule has 1 aromatic rings. The van der Waals surface area contributed by atoms with E-state index < -0.39 is 5.97 Å². The molecule has 0 spiro atoms. The molecule has 1 rings (SSSR count). The van der Waals surface area contributed by atoms with E-state index in [1.54, 1.807) is 18.2 Å². The van der Waals surface area contributed by atoms with Crippen LogP contribution in [0.4, 0.5) is 5.69 Å². The Morgan fingerprint density at radius 3 is 2.59 bits per heavy atom. The van der Waals surface area contributed by atoms with Gasteiger partial charge in [-0.1, -0.05) is 15.9 Å². The highest BCUT2D eigenvalue weighted by Gasteiger charge is 2.10. The molecule has 0 aromatic heterocycles. The van der Waals surface area contributed by atoms with Gasteiger partial charge in [-0.15, -0.1) is 0 Å². The molecular weight excluding hydrogens is 288 g/mol. The summed E-state index contributed by atoms with van der Waals surface area (Å²) in [6, 6.07) is 7.58. The van der Waals surface area contributed by atoms with E-state index in [0.29, 0.717) is 4.47 Å². The highest BCUT2D eigenvalue weighted by Crippen LogP contribution is 2.21. The van der Waals surface area contributed by atoms with Crippen LogP contribution in [0.2, 0.25) is 0 Å². The van der Waals surface area contributed by atoms with Crippen molar-refractivity contribution >= 4 is 33.3 Å². The van der Waals surface area contributed by atoms with Gasteiger partial charge in [0.1, 0.15) is 12.1 Å². The highest BCUT2D eigenvalue weighted by molar-refractivity contribution is 9.10. The monoisotopic (exact) mass is 292 g/mol. The summed E-state index contributed by atoms with van der Waals surface area (Å²) < 4.78 is 0.602. The first-order chi connectivity index (χ1) is 8.08. The Hall–Kier alpha value is -2.38. The molecule has 7 heteroatoms. The van der Waals surface area contributed by atoms with Crippen LogP contribution in [0, 0.1) is 22.7 Å². The van der Waals surface area contributed by atoms with Crippen LogP contribution in [0.15, 0.2) is 27.8 Å². The molecule has 0 fully saturated rings. The molecule has 0 bridgehead atoms. The number of aromatic carboxylic acids is 1. The summed E-state index contributed by atoms with van der Waals surface area (Å²) >= 11 is 3.14. The van der Waals surface area contributed by atoms with Crippen molar-refractivity contribution in [2.24, 2.45) is 5.10 Å². The van der Waals surface area contributed by atoms with Crippen LogP contribution in [0.1, 0.15) is 10.4 Å². The van der Waals surface area contributed by atoms with E-state index in [1.807, 2.05) is 0 Å². The SMILES string of the molecule is N#CC(C#N)=NNc1ccc(Br)cc1C(=O)O. The predicted molar refractivity (Wildman–Crippen MR) is 63.4 cm³/mol. The summed E-state index contributed by atoms with van der Waals surface area (Å²) in [6.07, 6.45) is 0. The van der Waals surface area contributed by atoms with Crippen LogP contribution in [0.5, 0.6) is 0 Å². The molecule has 0 amide bonds. The van der Waals surface area contributed by atoms with Gasteiger partial charge in [0.2, 0.25) is 5.71 Å². The second-order valence-corrected chi connectivity index (χ2v) is 3.71. The molecule has 0 aliphatic carbocycles. The molecule has 0 aliphatic rings. The third-order valence-corrected chi connectivity index (χ3v) is 2.21. The van der Waals surface area contributed by atoms with Crippen molar-refractivity contribution in [3.63, 3.8) is 0 Å². The molecule has 84 valence electrons. The van der Waals surface area contributed by atoms with Gasteiger partial charge in [-0.05, 0) is 18.2 Å². The molecule has 0 saturated heterocycles. The second kappa shape index (κ2) is 5.64. The second-order valence-electron chi connectivity index (χ2n) is 2.79. The van der Waals surface area contributed by atoms with Crippen LogP contribution in [-0.2, 0) is 0 Å². The van der Waals surface area contributed by atoms with Crippen molar-refractivity contribution in [3.8, 4) is 12.1 Å². The Kier molecular flexibility index (Phi) is 4.21. The zero-order valence-corrected chi connectivity index (χ0v) is 9.89. The Bertz CT molecular complexity index is 553. The average Bonchev–Trinajstić information content (AvgIpc) is 2.31. The molecule has 0 aliphatic heterocycles. The summed E-state index contributed by atoms with van der Waals surface area (Å²) in [7, 11) is 0. The molecule has 6 nitrogen and oxygen atoms in total. The molecule has 0 unspecified atom stereocenters. The summed E-state index contributed by atoms with van der Waals surface area (Å²) in [5.41, 5.74) is 2.16. The van der Waals surface area contributed by atoms with Crippen molar-refractivity contribution in [2.45, 2.75) is 0 Å². The summed E-state index contributed by atoms with van der Waals surface area (Å²) in [4.78, 5) is 10.9. The first-order valence-corrected chi connectivity index (χ1v) is 5.04. The number of carboxylic acids is 1. The predicted octanol–water partition coefficient (Wildman–Crippen LogP) is 1.96. The zero-order chi connectivity index (χ0) is 12.8. The standard InChI is InChI=1S/C10H5BrN4O2/c11-6-1-2-9(8(3-6)10(16)17)15-14-7(4-12)5-13/h1-3,15H,(H,16,17). The van der Waals surface area contributed by atoms with Gasteiger partial charge >= 0.3 is 5.97 Å². The zero-order valence-electron chi connectivity index (χ0n) is 8.31. The number of carboxylic acid groups (broad SMARTS) is 1. The normalized spacial score (nSPS) is 8.65. The van der Waals surface area contributed by atoms with E-state index in [2.05, 4.69) is 26.5 Å². The Labute approximate surface area is 105 Å². The van der Waals surface area contributed by atoms with Gasteiger partial charge in [0, 0.05) is 4.47 Å². The third kappa shape index (κ3) is 3.30. The summed E-state index contributed by atoms with van der Waals surface area (Å²) in [6.45, 7) is 0. The van der Waals surface area contributed by atoms with Gasteiger partial charge in [0.15, 0.2) is 0 Å². The Balaban J connectivity index is 3.09. The number of halogens is 1. The fourth-order valence-electron chi connectivity index (χ4n) is 0.982. The number of benzene rings is 1. The van der Waals surface area contributed by atoms with Crippen LogP contribution in [-0.4, -0.2) is 16.8 Å². The Morgan fingerprint density at radius 1 is 1.41 bits per heavy atom. The van der Waals surface area contributed by atoms with Crippen LogP contribution < -0.4 is 5.43 Å². The first-order valence-electron chi connectivity index (χ1n) is 4.25. The maximum atomic E-state index is 10.9. The average molecular weight is 293 g/mol. The summed E-state index contributed by atoms with van der Waals surface area (Å²) in [5, 5.41) is 29.3. The highest BCUT2D eigenvalue weighted by atomic mass is 79.9. The van der Waals surface area contributed by atoms with Gasteiger partial charge in [0.05, 0.1) is 11.3 Å². The van der Waals surface area contributed by atoms with E-state index in [9.17, 15) is 4.79 Å². The minimum Gasteiger partial charge on any atom is -0.478 e. The van der Waals surface area contributed by atoms with Gasteiger partial charge in [0.25, 0.3) is 0 Å². The van der Waals surface area contributed by atoms with E-state index in [-0.39, 0.29) is 17.0 Å². The van der Waals surface area contributed by atoms with E-state index in [0.717, 1.165) is 0 Å². The van der Waals surface area contributed by atoms with Crippen molar-refractivity contribution < 1.29 is 9.90 Å². The molecular formula is C10H5BrN4O2. The largest absolute Gasteiger partial charge is 0.478 e. The smallest absolute Gasteiger partial charge is 0.337 e. The fourth-order valence-corrected chi connectivity index (χ4v) is 1.34. The lowest BCUT2D eigenvalue weighted by Gasteiger charge is -2.05. The number of hydrogen-bond acceptors (Lipinski definition) is 5. The van der Waals surface area contributed by atoms with Crippen LogP contribution in [0.25, 0.3) is 0 Å². The number of carbonyl (C=O) groups is 1. The van der Waals surface area contributed by atoms with Gasteiger partial charge < -0.3 is 5.11 Å². The molecule has 0 radical (unpaired) electrons. The van der Waals surface area contributed by atoms with E-state index >= 15 is 0 Å². The molecule has 0 atom stereocenters. The van der Waals surface area contributed by atoms with Crippen molar-refractivity contribution in [1.29, 1.82) is 10.5 Å².